The molecule has 1 aromatic heterocycles. The normalized spacial score (nSPS) is 11.3. The van der Waals surface area contributed by atoms with Gasteiger partial charge in [0.05, 0.1) is 23.7 Å². The van der Waals surface area contributed by atoms with Crippen LogP contribution in [0.5, 0.6) is 0 Å². The summed E-state index contributed by atoms with van der Waals surface area (Å²) in [4.78, 5) is 4.29. The predicted octanol–water partition coefficient (Wildman–Crippen LogP) is 4.41. The molecule has 0 N–H and O–H groups in total. The molecule has 0 atom stereocenters. The van der Waals surface area contributed by atoms with E-state index in [0.717, 1.165) is 29.1 Å². The number of halogens is 3. The Labute approximate surface area is 143 Å². The van der Waals surface area contributed by atoms with Crippen LogP contribution in [-0.2, 0) is 19.1 Å². The Morgan fingerprint density at radius 2 is 1.76 bits per heavy atom. The molecule has 2 aromatic carbocycles. The topological polar surface area (TPSA) is 41.6 Å². The third-order valence-corrected chi connectivity index (χ3v) is 3.92. The molecule has 0 saturated carbocycles. The van der Waals surface area contributed by atoms with E-state index in [0.29, 0.717) is 18.5 Å². The van der Waals surface area contributed by atoms with Gasteiger partial charge in [0.15, 0.2) is 0 Å². The van der Waals surface area contributed by atoms with Crippen LogP contribution in [0.4, 0.5) is 13.2 Å². The molecule has 0 fully saturated rings. The molecule has 0 radical (unpaired) electrons. The number of aromatic nitrogens is 2. The Hall–Kier alpha value is -3.07. The fourth-order valence-corrected chi connectivity index (χ4v) is 2.60. The Morgan fingerprint density at radius 1 is 1.04 bits per heavy atom. The highest BCUT2D eigenvalue weighted by molar-refractivity contribution is 5.37. The van der Waals surface area contributed by atoms with E-state index in [-0.39, 0.29) is 0 Å². The molecular weight excluding hydrogens is 327 g/mol. The summed E-state index contributed by atoms with van der Waals surface area (Å²) in [6, 6.07) is 14.5. The van der Waals surface area contributed by atoms with Crippen molar-refractivity contribution in [1.29, 1.82) is 5.26 Å². The summed E-state index contributed by atoms with van der Waals surface area (Å²) in [7, 11) is 0. The Bertz CT molecular complexity index is 903. The van der Waals surface area contributed by atoms with Crippen LogP contribution in [-0.4, -0.2) is 9.55 Å². The number of alkyl halides is 3. The van der Waals surface area contributed by atoms with Crippen LogP contribution in [0.3, 0.4) is 0 Å². The van der Waals surface area contributed by atoms with Gasteiger partial charge in [0.1, 0.15) is 5.82 Å². The molecule has 1 heterocycles. The average molecular weight is 341 g/mol. The highest BCUT2D eigenvalue weighted by atomic mass is 19.4. The lowest BCUT2D eigenvalue weighted by atomic mass is 10.1. The van der Waals surface area contributed by atoms with Crippen LogP contribution in [0, 0.1) is 11.3 Å². The molecule has 6 heteroatoms. The third-order valence-electron chi connectivity index (χ3n) is 3.92. The van der Waals surface area contributed by atoms with Gasteiger partial charge in [0.2, 0.25) is 0 Å². The first-order valence-corrected chi connectivity index (χ1v) is 7.61. The molecule has 0 bridgehead atoms. The van der Waals surface area contributed by atoms with Gasteiger partial charge in [-0.05, 0) is 29.3 Å². The van der Waals surface area contributed by atoms with Crippen LogP contribution in [0.2, 0.25) is 0 Å². The molecule has 0 unspecified atom stereocenters. The van der Waals surface area contributed by atoms with Crippen molar-refractivity contribution < 1.29 is 13.2 Å². The van der Waals surface area contributed by atoms with Crippen molar-refractivity contribution in [3.8, 4) is 6.07 Å². The van der Waals surface area contributed by atoms with E-state index in [9.17, 15) is 18.4 Å². The minimum absolute atomic E-state index is 0.417. The van der Waals surface area contributed by atoms with Crippen molar-refractivity contribution >= 4 is 0 Å². The lowest BCUT2D eigenvalue weighted by molar-refractivity contribution is -0.137. The quantitative estimate of drug-likeness (QED) is 0.705. The van der Waals surface area contributed by atoms with Crippen LogP contribution in [0.25, 0.3) is 0 Å². The van der Waals surface area contributed by atoms with E-state index in [4.69, 9.17) is 0 Å². The van der Waals surface area contributed by atoms with E-state index in [1.54, 1.807) is 24.5 Å². The Morgan fingerprint density at radius 3 is 2.44 bits per heavy atom. The van der Waals surface area contributed by atoms with Crippen molar-refractivity contribution in [2.75, 3.05) is 0 Å². The van der Waals surface area contributed by atoms with E-state index < -0.39 is 11.7 Å². The van der Waals surface area contributed by atoms with Gasteiger partial charge < -0.3 is 4.57 Å². The fraction of sp³-hybridized carbons (Fsp3) is 0.158. The first kappa shape index (κ1) is 16.8. The smallest absolute Gasteiger partial charge is 0.330 e. The van der Waals surface area contributed by atoms with Crippen LogP contribution in [0.1, 0.15) is 28.1 Å². The molecule has 3 nitrogen and oxygen atoms in total. The third kappa shape index (κ3) is 3.89. The van der Waals surface area contributed by atoms with Gasteiger partial charge in [-0.2, -0.15) is 18.4 Å². The summed E-state index contributed by atoms with van der Waals surface area (Å²) >= 11 is 0. The molecule has 0 aliphatic carbocycles. The van der Waals surface area contributed by atoms with Crippen molar-refractivity contribution in [3.05, 3.63) is 89.0 Å². The SMILES string of the molecule is N#Cc1ccccc1Cn1ccnc1Cc1ccc(C(F)(F)F)cc1. The molecule has 0 spiro atoms. The molecule has 126 valence electrons. The highest BCUT2D eigenvalue weighted by Crippen LogP contribution is 2.29. The summed E-state index contributed by atoms with van der Waals surface area (Å²) in [6.07, 6.45) is -0.472. The maximum atomic E-state index is 12.6. The highest BCUT2D eigenvalue weighted by Gasteiger charge is 2.29. The monoisotopic (exact) mass is 341 g/mol. The number of benzene rings is 2. The standard InChI is InChI=1S/C19H14F3N3/c20-19(21,22)17-7-5-14(6-8-17)11-18-24-9-10-25(18)13-16-4-2-1-3-15(16)12-23/h1-10H,11,13H2. The maximum absolute atomic E-state index is 12.6. The molecule has 3 aromatic rings. The van der Waals surface area contributed by atoms with Gasteiger partial charge in [-0.3, -0.25) is 0 Å². The van der Waals surface area contributed by atoms with Gasteiger partial charge in [0.25, 0.3) is 0 Å². The second-order valence-corrected chi connectivity index (χ2v) is 5.61. The second-order valence-electron chi connectivity index (χ2n) is 5.61. The zero-order valence-corrected chi connectivity index (χ0v) is 13.2. The summed E-state index contributed by atoms with van der Waals surface area (Å²) in [5.74, 6) is 0.729. The largest absolute Gasteiger partial charge is 0.416 e. The van der Waals surface area contributed by atoms with Gasteiger partial charge >= 0.3 is 6.18 Å². The van der Waals surface area contributed by atoms with E-state index >= 15 is 0 Å². The summed E-state index contributed by atoms with van der Waals surface area (Å²) < 4.78 is 39.8. The fourth-order valence-electron chi connectivity index (χ4n) is 2.60. The van der Waals surface area contributed by atoms with Crippen LogP contribution < -0.4 is 0 Å². The minimum Gasteiger partial charge on any atom is -0.330 e. The molecule has 25 heavy (non-hydrogen) atoms. The molecule has 0 amide bonds. The summed E-state index contributed by atoms with van der Waals surface area (Å²) in [5, 5.41) is 9.18. The van der Waals surface area contributed by atoms with E-state index in [1.165, 1.54) is 12.1 Å². The summed E-state index contributed by atoms with van der Waals surface area (Å²) in [6.45, 7) is 0.486. The molecular formula is C19H14F3N3. The van der Waals surface area contributed by atoms with Crippen molar-refractivity contribution in [3.63, 3.8) is 0 Å². The van der Waals surface area contributed by atoms with Gasteiger partial charge in [-0.25, -0.2) is 4.98 Å². The van der Waals surface area contributed by atoms with Gasteiger partial charge in [-0.15, -0.1) is 0 Å². The maximum Gasteiger partial charge on any atom is 0.416 e. The zero-order chi connectivity index (χ0) is 17.9. The lowest BCUT2D eigenvalue weighted by Crippen LogP contribution is -2.07. The molecule has 0 aliphatic heterocycles. The minimum atomic E-state index is -4.34. The average Bonchev–Trinajstić information content (AvgIpc) is 3.02. The molecule has 0 saturated heterocycles. The number of nitrogens with zero attached hydrogens (tertiary/aromatic N) is 3. The van der Waals surface area contributed by atoms with Gasteiger partial charge in [-0.1, -0.05) is 30.3 Å². The van der Waals surface area contributed by atoms with E-state index in [2.05, 4.69) is 11.1 Å². The predicted molar refractivity (Wildman–Crippen MR) is 86.7 cm³/mol. The summed E-state index contributed by atoms with van der Waals surface area (Å²) in [5.41, 5.74) is 1.55. The second kappa shape index (κ2) is 6.81. The van der Waals surface area contributed by atoms with Crippen molar-refractivity contribution in [2.24, 2.45) is 0 Å². The zero-order valence-electron chi connectivity index (χ0n) is 13.2. The first-order chi connectivity index (χ1) is 12.0. The molecule has 3 rings (SSSR count). The van der Waals surface area contributed by atoms with E-state index in [1.807, 2.05) is 16.7 Å². The molecule has 0 aliphatic rings. The number of nitriles is 1. The number of hydrogen-bond acceptors (Lipinski definition) is 2. The van der Waals surface area contributed by atoms with Crippen molar-refractivity contribution in [2.45, 2.75) is 19.1 Å². The number of rotatable bonds is 4. The Kier molecular flexibility index (Phi) is 4.57. The number of imidazole rings is 1. The lowest BCUT2D eigenvalue weighted by Gasteiger charge is -2.10. The van der Waals surface area contributed by atoms with Crippen LogP contribution in [0.15, 0.2) is 60.9 Å². The Balaban J connectivity index is 1.79. The van der Waals surface area contributed by atoms with Crippen LogP contribution >= 0.6 is 0 Å². The van der Waals surface area contributed by atoms with Gasteiger partial charge in [0, 0.05) is 18.8 Å². The first-order valence-electron chi connectivity index (χ1n) is 7.61. The number of hydrogen-bond donors (Lipinski definition) is 0. The van der Waals surface area contributed by atoms with Crippen molar-refractivity contribution in [1.82, 2.24) is 9.55 Å².